The van der Waals surface area contributed by atoms with Crippen LogP contribution < -0.4 is 0 Å². The lowest BCUT2D eigenvalue weighted by Gasteiger charge is -2.15. The third-order valence-corrected chi connectivity index (χ3v) is 4.04. The van der Waals surface area contributed by atoms with Crippen molar-refractivity contribution in [3.63, 3.8) is 0 Å². The molecule has 4 heteroatoms. The van der Waals surface area contributed by atoms with E-state index in [4.69, 9.17) is 0 Å². The second-order valence-electron chi connectivity index (χ2n) is 5.52. The van der Waals surface area contributed by atoms with Crippen molar-refractivity contribution in [1.82, 2.24) is 14.9 Å². The molecule has 3 aromatic rings. The molecule has 111 valence electrons. The summed E-state index contributed by atoms with van der Waals surface area (Å²) >= 11 is 0. The maximum absolute atomic E-state index is 12.8. The molecule has 1 aromatic heterocycles. The van der Waals surface area contributed by atoms with E-state index in [9.17, 15) is 4.79 Å². The van der Waals surface area contributed by atoms with Crippen LogP contribution in [0.4, 0.5) is 0 Å². The number of benzene rings is 2. The lowest BCUT2D eigenvalue weighted by Crippen LogP contribution is -2.25. The second kappa shape index (κ2) is 5.65. The maximum Gasteiger partial charge on any atom is 0.255 e. The molecular formula is C19H14N3O. The van der Waals surface area contributed by atoms with E-state index in [1.54, 1.807) is 12.3 Å². The fourth-order valence-corrected chi connectivity index (χ4v) is 2.86. The van der Waals surface area contributed by atoms with E-state index < -0.39 is 0 Å². The minimum absolute atomic E-state index is 0.00268. The predicted octanol–water partition coefficient (Wildman–Crippen LogP) is 3.10. The Morgan fingerprint density at radius 3 is 2.57 bits per heavy atom. The smallest absolute Gasteiger partial charge is 0.255 e. The molecule has 2 aromatic carbocycles. The fourth-order valence-electron chi connectivity index (χ4n) is 2.86. The zero-order chi connectivity index (χ0) is 15.6. The molecule has 0 saturated carbocycles. The highest BCUT2D eigenvalue weighted by atomic mass is 16.2. The Labute approximate surface area is 134 Å². The Bertz CT molecular complexity index is 836. The van der Waals surface area contributed by atoms with Crippen LogP contribution in [0.3, 0.4) is 0 Å². The first-order valence-corrected chi connectivity index (χ1v) is 7.45. The number of hydrogen-bond acceptors (Lipinski definition) is 3. The molecule has 0 N–H and O–H groups in total. The molecule has 4 rings (SSSR count). The van der Waals surface area contributed by atoms with E-state index in [-0.39, 0.29) is 5.91 Å². The Kier molecular flexibility index (Phi) is 3.35. The highest BCUT2D eigenvalue weighted by molar-refractivity contribution is 5.95. The molecule has 1 radical (unpaired) electrons. The number of nitrogens with zero attached hydrogens (tertiary/aromatic N) is 3. The van der Waals surface area contributed by atoms with Gasteiger partial charge in [-0.1, -0.05) is 36.4 Å². The van der Waals surface area contributed by atoms with E-state index in [0.29, 0.717) is 18.7 Å². The normalized spacial score (nSPS) is 13.0. The van der Waals surface area contributed by atoms with Crippen molar-refractivity contribution in [2.24, 2.45) is 0 Å². The van der Waals surface area contributed by atoms with Crippen molar-refractivity contribution in [2.75, 3.05) is 0 Å². The van der Waals surface area contributed by atoms with Crippen molar-refractivity contribution in [3.05, 3.63) is 83.8 Å². The lowest BCUT2D eigenvalue weighted by atomic mass is 10.1. The summed E-state index contributed by atoms with van der Waals surface area (Å²) in [5.41, 5.74) is 4.69. The summed E-state index contributed by atoms with van der Waals surface area (Å²) in [6, 6.07) is 18.6. The fraction of sp³-hybridized carbons (Fsp3) is 0.105. The topological polar surface area (TPSA) is 46.1 Å². The monoisotopic (exact) mass is 300 g/mol. The summed E-state index contributed by atoms with van der Waals surface area (Å²) in [6.45, 7) is 1.31. The number of fused-ring (bicyclic) bond motifs is 1. The first kappa shape index (κ1) is 13.6. The summed E-state index contributed by atoms with van der Waals surface area (Å²) in [5.74, 6) is -0.00268. The largest absolute Gasteiger partial charge is 0.330 e. The number of rotatable bonds is 2. The highest BCUT2D eigenvalue weighted by Gasteiger charge is 2.24. The molecule has 0 aliphatic carbocycles. The molecule has 2 heterocycles. The molecule has 4 nitrogen and oxygen atoms in total. The molecule has 0 saturated heterocycles. The Balaban J connectivity index is 1.61. The van der Waals surface area contributed by atoms with Gasteiger partial charge in [-0.25, -0.2) is 9.97 Å². The maximum atomic E-state index is 12.8. The van der Waals surface area contributed by atoms with Crippen molar-refractivity contribution in [2.45, 2.75) is 13.1 Å². The molecule has 0 spiro atoms. The van der Waals surface area contributed by atoms with Crippen LogP contribution in [0.25, 0.3) is 11.3 Å². The van der Waals surface area contributed by atoms with Gasteiger partial charge in [0.05, 0.1) is 5.69 Å². The molecule has 0 bridgehead atoms. The number of carbonyl (C=O) groups is 1. The van der Waals surface area contributed by atoms with E-state index in [2.05, 4.69) is 28.2 Å². The number of aromatic nitrogens is 2. The second-order valence-corrected chi connectivity index (χ2v) is 5.52. The Morgan fingerprint density at radius 1 is 1.09 bits per heavy atom. The van der Waals surface area contributed by atoms with E-state index in [1.165, 1.54) is 17.5 Å². The first-order chi connectivity index (χ1) is 11.3. The van der Waals surface area contributed by atoms with Crippen LogP contribution in [-0.4, -0.2) is 20.8 Å². The van der Waals surface area contributed by atoms with Gasteiger partial charge in [0.2, 0.25) is 0 Å². The highest BCUT2D eigenvalue weighted by Crippen LogP contribution is 2.25. The third-order valence-electron chi connectivity index (χ3n) is 4.04. The molecule has 0 fully saturated rings. The molecule has 1 aliphatic heterocycles. The average Bonchev–Trinajstić information content (AvgIpc) is 3.06. The van der Waals surface area contributed by atoms with Crippen LogP contribution in [0.5, 0.6) is 0 Å². The summed E-state index contributed by atoms with van der Waals surface area (Å²) in [5, 5.41) is 0. The van der Waals surface area contributed by atoms with E-state index in [0.717, 1.165) is 11.3 Å². The van der Waals surface area contributed by atoms with Gasteiger partial charge in [-0.2, -0.15) is 0 Å². The van der Waals surface area contributed by atoms with Crippen molar-refractivity contribution >= 4 is 5.91 Å². The zero-order valence-electron chi connectivity index (χ0n) is 12.4. The van der Waals surface area contributed by atoms with Crippen LogP contribution in [0.15, 0.2) is 61.1 Å². The van der Waals surface area contributed by atoms with Gasteiger partial charge in [-0.05, 0) is 29.3 Å². The summed E-state index contributed by atoms with van der Waals surface area (Å²) in [6.07, 6.45) is 3.20. The number of amides is 1. The zero-order valence-corrected chi connectivity index (χ0v) is 12.4. The van der Waals surface area contributed by atoms with Crippen LogP contribution in [0.1, 0.15) is 21.5 Å². The van der Waals surface area contributed by atoms with Gasteiger partial charge in [0.1, 0.15) is 6.33 Å². The van der Waals surface area contributed by atoms with E-state index in [1.807, 2.05) is 35.2 Å². The lowest BCUT2D eigenvalue weighted by molar-refractivity contribution is 0.0751. The summed E-state index contributed by atoms with van der Waals surface area (Å²) in [4.78, 5) is 22.8. The van der Waals surface area contributed by atoms with Gasteiger partial charge in [-0.15, -0.1) is 0 Å². The Morgan fingerprint density at radius 2 is 1.87 bits per heavy atom. The van der Waals surface area contributed by atoms with Crippen LogP contribution in [0.2, 0.25) is 0 Å². The van der Waals surface area contributed by atoms with Gasteiger partial charge in [0, 0.05) is 30.4 Å². The summed E-state index contributed by atoms with van der Waals surface area (Å²) < 4.78 is 0. The molecule has 0 atom stereocenters. The van der Waals surface area contributed by atoms with Crippen LogP contribution in [-0.2, 0) is 13.1 Å². The quantitative estimate of drug-likeness (QED) is 0.730. The number of carbonyl (C=O) groups excluding carboxylic acids is 1. The average molecular weight is 300 g/mol. The molecular weight excluding hydrogens is 286 g/mol. The minimum atomic E-state index is -0.00268. The molecule has 0 unspecified atom stereocenters. The van der Waals surface area contributed by atoms with E-state index >= 15 is 0 Å². The van der Waals surface area contributed by atoms with Crippen molar-refractivity contribution in [1.29, 1.82) is 0 Å². The standard InChI is InChI=1S/C19H14N3O/c23-19(22-11-16-4-1-2-5-17(16)12-22)15-7-3-6-14(10-15)18-8-9-20-13-21-18/h1-6,8-10,13H,11-12H2. The Hall–Kier alpha value is -3.01. The predicted molar refractivity (Wildman–Crippen MR) is 86.3 cm³/mol. The van der Waals surface area contributed by atoms with Crippen molar-refractivity contribution in [3.8, 4) is 11.3 Å². The minimum Gasteiger partial charge on any atom is -0.330 e. The van der Waals surface area contributed by atoms with Gasteiger partial charge in [0.15, 0.2) is 0 Å². The molecule has 23 heavy (non-hydrogen) atoms. The van der Waals surface area contributed by atoms with Crippen LogP contribution >= 0.6 is 0 Å². The summed E-state index contributed by atoms with van der Waals surface area (Å²) in [7, 11) is 0. The first-order valence-electron chi connectivity index (χ1n) is 7.45. The third kappa shape index (κ3) is 2.59. The van der Waals surface area contributed by atoms with Gasteiger partial charge in [-0.3, -0.25) is 4.79 Å². The molecule has 1 amide bonds. The van der Waals surface area contributed by atoms with Gasteiger partial charge >= 0.3 is 0 Å². The number of hydrogen-bond donors (Lipinski definition) is 0. The van der Waals surface area contributed by atoms with Crippen molar-refractivity contribution < 1.29 is 4.79 Å². The SMILES string of the molecule is O=C(c1[c]ccc(-c2ccncn2)c1)N1Cc2ccccc2C1. The van der Waals surface area contributed by atoms with Gasteiger partial charge < -0.3 is 4.90 Å². The van der Waals surface area contributed by atoms with Gasteiger partial charge in [0.25, 0.3) is 5.91 Å². The van der Waals surface area contributed by atoms with Crippen LogP contribution in [0, 0.1) is 6.07 Å². The molecule has 1 aliphatic rings.